The van der Waals surface area contributed by atoms with E-state index < -0.39 is 0 Å². The van der Waals surface area contributed by atoms with E-state index in [0.717, 1.165) is 0 Å². The Labute approximate surface area is 203 Å². The van der Waals surface area contributed by atoms with E-state index >= 15 is 0 Å². The van der Waals surface area contributed by atoms with Crippen molar-refractivity contribution in [3.63, 3.8) is 0 Å². The third-order valence-electron chi connectivity index (χ3n) is 0. The van der Waals surface area contributed by atoms with Crippen molar-refractivity contribution in [2.24, 2.45) is 0 Å². The van der Waals surface area contributed by atoms with Crippen LogP contribution in [0.1, 0.15) is 0 Å². The molecule has 0 aromatic heterocycles. The number of hydrogen-bond acceptors (Lipinski definition) is 0. The van der Waals surface area contributed by atoms with Crippen LogP contribution < -0.4 is 119 Å². The Bertz CT molecular complexity index is 13.6. The molecule has 0 aliphatic rings. The molecule has 0 unspecified atom stereocenters. The van der Waals surface area contributed by atoms with Gasteiger partial charge in [-0.2, -0.15) is 0 Å². The third-order valence-corrected chi connectivity index (χ3v) is 0. The van der Waals surface area contributed by atoms with Gasteiger partial charge in [0.15, 0.2) is 0 Å². The molecule has 0 aromatic rings. The Morgan fingerprint density at radius 2 is 0.400 bits per heavy atom. The zero-order chi connectivity index (χ0) is 0. The van der Waals surface area contributed by atoms with Gasteiger partial charge in [0.2, 0.25) is 0 Å². The second kappa shape index (κ2) is 79.5. The van der Waals surface area contributed by atoms with Crippen molar-refractivity contribution in [1.29, 1.82) is 0 Å². The van der Waals surface area contributed by atoms with Gasteiger partial charge in [-0.25, -0.2) is 0 Å². The van der Waals surface area contributed by atoms with E-state index in [-0.39, 0.29) is 209 Å². The average Bonchev–Trinajstić information content (AvgIpc) is 0. The van der Waals surface area contributed by atoms with E-state index in [0.29, 0.717) is 0 Å². The van der Waals surface area contributed by atoms with E-state index in [1.807, 2.05) is 0 Å². The molecule has 0 spiro atoms. The molecule has 0 saturated carbocycles. The SMILES string of the molecule is [Br-].[Br-].[Br-].[Br-].[Br-].[Br-].[Br-].[Ce+3].[ClH2+].[La+3]. The van der Waals surface area contributed by atoms with Crippen molar-refractivity contribution in [2.45, 2.75) is 0 Å². The van der Waals surface area contributed by atoms with E-state index in [1.165, 1.54) is 0 Å². The molecule has 0 aliphatic carbocycles. The van der Waals surface area contributed by atoms with Gasteiger partial charge in [-0.05, 0) is 0 Å². The molecule has 0 fully saturated rings. The third kappa shape index (κ3) is 64.2. The van der Waals surface area contributed by atoms with Gasteiger partial charge in [0.05, 0.1) is 12.4 Å². The van der Waals surface area contributed by atoms with E-state index in [1.54, 1.807) is 0 Å². The molecule has 0 heterocycles. The molecule has 10 heavy (non-hydrogen) atoms. The first-order valence-corrected chi connectivity index (χ1v) is 0. The molecule has 65 valence electrons. The van der Waals surface area contributed by atoms with Crippen LogP contribution in [0.25, 0.3) is 0 Å². The summed E-state index contributed by atoms with van der Waals surface area (Å²) in [5.74, 6) is 0. The minimum Gasteiger partial charge on any atom is -1.00 e. The normalized spacial score (nSPS) is 0. The fraction of sp³-hybridized carbons (Fsp3) is 0. The Morgan fingerprint density at radius 3 is 0.400 bits per heavy atom. The van der Waals surface area contributed by atoms with E-state index in [4.69, 9.17) is 0 Å². The summed E-state index contributed by atoms with van der Waals surface area (Å²) in [6.45, 7) is 0. The van der Waals surface area contributed by atoms with E-state index in [9.17, 15) is 0 Å². The summed E-state index contributed by atoms with van der Waals surface area (Å²) in [5.41, 5.74) is 0. The predicted molar refractivity (Wildman–Crippen MR) is 2.79 cm³/mol. The van der Waals surface area contributed by atoms with Crippen LogP contribution in [0.2, 0.25) is 0 Å². The Hall–Kier alpha value is 6.22. The van der Waals surface area contributed by atoms with Gasteiger partial charge in [-0.15, -0.1) is 0 Å². The molecule has 0 rings (SSSR count). The average molecular weight is 876 g/mol. The van der Waals surface area contributed by atoms with Crippen LogP contribution >= 0.6 is 0 Å². The van der Waals surface area contributed by atoms with Crippen molar-refractivity contribution in [2.75, 3.05) is 0 Å². The minimum atomic E-state index is 0. The van der Waals surface area contributed by atoms with Gasteiger partial charge < -0.3 is 119 Å². The fourth-order valence-corrected chi connectivity index (χ4v) is 0. The van der Waals surface area contributed by atoms with Gasteiger partial charge in [-0.3, -0.25) is 0 Å². The van der Waals surface area contributed by atoms with Crippen LogP contribution in [0.5, 0.6) is 0 Å². The van der Waals surface area contributed by atoms with Crippen molar-refractivity contribution in [3.8, 4) is 0 Å². The second-order valence-corrected chi connectivity index (χ2v) is 0. The summed E-state index contributed by atoms with van der Waals surface area (Å²) in [6.07, 6.45) is 0. The summed E-state index contributed by atoms with van der Waals surface area (Å²) >= 11 is 0. The maximum absolute atomic E-state index is 0. The van der Waals surface area contributed by atoms with Crippen LogP contribution in [0.3, 0.4) is 0 Å². The molecule has 0 saturated heterocycles. The van der Waals surface area contributed by atoms with Crippen molar-refractivity contribution in [1.82, 2.24) is 0 Å². The van der Waals surface area contributed by atoms with Crippen LogP contribution in [0.15, 0.2) is 0 Å². The Morgan fingerprint density at radius 1 is 0.400 bits per heavy atom. The quantitative estimate of drug-likeness (QED) is 0.227. The largest absolute Gasteiger partial charge is 3.00 e. The van der Waals surface area contributed by atoms with Crippen molar-refractivity contribution in [3.05, 3.63) is 0 Å². The Balaban J connectivity index is 0. The molecular weight excluding hydrogens is 874 g/mol. The fourth-order valence-electron chi connectivity index (χ4n) is 0. The summed E-state index contributed by atoms with van der Waals surface area (Å²) in [5, 5.41) is 0. The van der Waals surface area contributed by atoms with Gasteiger partial charge in [0.25, 0.3) is 0 Å². The Kier molecular flexibility index (Phi) is 772. The van der Waals surface area contributed by atoms with Crippen molar-refractivity contribution < 1.29 is 209 Å². The number of rotatable bonds is 0. The summed E-state index contributed by atoms with van der Waals surface area (Å²) in [6, 6.07) is 0. The maximum Gasteiger partial charge on any atom is 3.00 e. The van der Waals surface area contributed by atoms with Crippen LogP contribution in [-0.2, 0) is 0 Å². The molecule has 0 nitrogen and oxygen atoms in total. The molecule has 0 atom stereocenters. The van der Waals surface area contributed by atoms with Gasteiger partial charge >= 0.3 is 77.3 Å². The monoisotopic (exact) mass is 868 g/mol. The number of halogens is 8. The van der Waals surface area contributed by atoms with Crippen molar-refractivity contribution >= 4 is 0 Å². The standard InChI is InChI=1S/7BrH.Ce.ClH2.La/h7*1H;;1H2;/q;;;;;;;+3;+1;+3/p-7. The topological polar surface area (TPSA) is 0 Å². The van der Waals surface area contributed by atoms with Crippen LogP contribution in [-0.4, -0.2) is 0 Å². The van der Waals surface area contributed by atoms with Gasteiger partial charge in [0, 0.05) is 0 Å². The zero-order valence-corrected chi connectivity index (χ0v) is 22.9. The molecule has 0 aromatic carbocycles. The maximum atomic E-state index is 0. The molecule has 0 N–H and O–H groups in total. The van der Waals surface area contributed by atoms with Gasteiger partial charge in [-0.1, -0.05) is 0 Å². The first-order valence-electron chi connectivity index (χ1n) is 0. The first-order chi connectivity index (χ1) is 0. The van der Waals surface area contributed by atoms with Crippen LogP contribution in [0, 0.1) is 89.8 Å². The zero-order valence-electron chi connectivity index (χ0n) is 4.17. The van der Waals surface area contributed by atoms with Gasteiger partial charge in [0.1, 0.15) is 0 Å². The smallest absolute Gasteiger partial charge is 1.00 e. The van der Waals surface area contributed by atoms with E-state index in [2.05, 4.69) is 0 Å². The van der Waals surface area contributed by atoms with Crippen LogP contribution in [0.4, 0.5) is 0 Å². The predicted octanol–water partition coefficient (Wildman–Crippen LogP) is -21.5. The summed E-state index contributed by atoms with van der Waals surface area (Å²) in [4.78, 5) is 0. The second-order valence-electron chi connectivity index (χ2n) is 0. The first kappa shape index (κ1) is 97.1. The molecule has 1 radical (unpaired) electrons. The number of hydrogen-bond donors (Lipinski definition) is 0. The summed E-state index contributed by atoms with van der Waals surface area (Å²) in [7, 11) is 0. The molecule has 0 bridgehead atoms. The minimum absolute atomic E-state index is 0. The summed E-state index contributed by atoms with van der Waals surface area (Å²) < 4.78 is 0. The molecular formula is H2Br7CeClLa. The molecule has 0 aliphatic heterocycles. The molecule has 0 amide bonds. The molecule has 10 heteroatoms.